The number of benzene rings is 2. The van der Waals surface area contributed by atoms with Crippen molar-refractivity contribution in [1.82, 2.24) is 10.6 Å². The summed E-state index contributed by atoms with van der Waals surface area (Å²) in [5, 5.41) is 24.4. The summed E-state index contributed by atoms with van der Waals surface area (Å²) in [5.74, 6) is -2.30. The molecule has 2 aromatic carbocycles. The summed E-state index contributed by atoms with van der Waals surface area (Å²) in [4.78, 5) is 39.8. The van der Waals surface area contributed by atoms with Gasteiger partial charge in [0, 0.05) is 31.4 Å². The molecule has 8 unspecified atom stereocenters. The van der Waals surface area contributed by atoms with E-state index >= 15 is 0 Å². The van der Waals surface area contributed by atoms with E-state index in [1.807, 2.05) is 42.5 Å². The third kappa shape index (κ3) is 6.97. The molecule has 2 aromatic rings. The minimum atomic E-state index is -1.26. The van der Waals surface area contributed by atoms with Crippen LogP contribution in [0.25, 0.3) is 6.08 Å². The number of amides is 2. The largest absolute Gasteiger partial charge is 0.456 e. The number of carbonyl (C=O) groups excluding carboxylic acids is 3. The van der Waals surface area contributed by atoms with E-state index in [-0.39, 0.29) is 25.1 Å². The number of esters is 1. The first-order chi connectivity index (χ1) is 23.2. The Kier molecular flexibility index (Phi) is 9.23. The highest BCUT2D eigenvalue weighted by molar-refractivity contribution is 5.97. The molecule has 7 rings (SSSR count). The van der Waals surface area contributed by atoms with Gasteiger partial charge in [0.05, 0.1) is 30.5 Å². The molecule has 5 aliphatic rings. The van der Waals surface area contributed by atoms with Crippen LogP contribution in [0.15, 0.2) is 66.3 Å². The maximum Gasteiger partial charge on any atom is 0.338 e. The number of allylic oxidation sites excluding steroid dienone is 1. The number of hydrogen-bond donors (Lipinski definition) is 4. The van der Waals surface area contributed by atoms with E-state index in [4.69, 9.17) is 24.1 Å². The quantitative estimate of drug-likeness (QED) is 0.222. The van der Waals surface area contributed by atoms with Crippen LogP contribution >= 0.6 is 0 Å². The number of carbonyl (C=O) groups is 3. The first kappa shape index (κ1) is 32.7. The Morgan fingerprint density at radius 1 is 1.06 bits per heavy atom. The Bertz CT molecular complexity index is 1590. The van der Waals surface area contributed by atoms with Crippen molar-refractivity contribution in [2.45, 2.75) is 93.9 Å². The third-order valence-electron chi connectivity index (χ3n) is 9.96. The van der Waals surface area contributed by atoms with Gasteiger partial charge in [-0.1, -0.05) is 48.6 Å². The van der Waals surface area contributed by atoms with E-state index in [0.717, 1.165) is 36.0 Å². The number of aliphatic hydroxyl groups is 2. The van der Waals surface area contributed by atoms with Gasteiger partial charge in [-0.2, -0.15) is 0 Å². The van der Waals surface area contributed by atoms with E-state index < -0.39 is 54.0 Å². The Hall–Kier alpha value is -3.87. The summed E-state index contributed by atoms with van der Waals surface area (Å²) in [7, 11) is 0. The second-order valence-electron chi connectivity index (χ2n) is 13.5. The van der Waals surface area contributed by atoms with Crippen LogP contribution in [0.5, 0.6) is 0 Å². The molecule has 0 aromatic heterocycles. The minimum absolute atomic E-state index is 0.0153. The number of aliphatic hydroxyl groups excluding tert-OH is 2. The number of fused-ring (bicyclic) bond motifs is 3. The maximum absolute atomic E-state index is 13.6. The van der Waals surface area contributed by atoms with Crippen LogP contribution in [-0.4, -0.2) is 89.6 Å². The fourth-order valence-electron chi connectivity index (χ4n) is 7.42. The zero-order valence-corrected chi connectivity index (χ0v) is 26.9. The SMILES string of the molecule is CC(O)C(NC(=O)C1=CC2OC3(Cc4ccccc4C3)OC2C(OC(=O)c2cccc(C=CC3CCC4OC4C3)c2)C1)C(=O)NCCO. The highest BCUT2D eigenvalue weighted by atomic mass is 16.8. The molecule has 2 heterocycles. The molecule has 1 saturated carbocycles. The van der Waals surface area contributed by atoms with E-state index in [1.54, 1.807) is 18.2 Å². The van der Waals surface area contributed by atoms with E-state index in [1.165, 1.54) is 6.92 Å². The van der Waals surface area contributed by atoms with Crippen molar-refractivity contribution in [3.8, 4) is 0 Å². The smallest absolute Gasteiger partial charge is 0.338 e. The van der Waals surface area contributed by atoms with E-state index in [2.05, 4.69) is 16.7 Å². The molecule has 11 heteroatoms. The molecule has 48 heavy (non-hydrogen) atoms. The van der Waals surface area contributed by atoms with Gasteiger partial charge < -0.3 is 39.8 Å². The standard InChI is InChI=1S/C37H42N2O9/c1-21(41)32(35(43)38-13-14-40)39-34(42)27-17-30(33-31(18-27)47-37(48-33)19-25-6-2-3-7-26(25)20-37)46-36(44)24-8-4-5-22(15-24)9-10-23-11-12-28-29(16-23)45-28/h2-10,15,18,21,23,28-33,40-41H,11-14,16-17,19-20H2,1H3,(H,38,43)(H,39,42). The van der Waals surface area contributed by atoms with E-state index in [0.29, 0.717) is 36.5 Å². The van der Waals surface area contributed by atoms with Gasteiger partial charge in [0.2, 0.25) is 11.8 Å². The second kappa shape index (κ2) is 13.6. The summed E-state index contributed by atoms with van der Waals surface area (Å²) in [5.41, 5.74) is 3.74. The molecule has 4 N–H and O–H groups in total. The van der Waals surface area contributed by atoms with Crippen LogP contribution in [0.1, 0.15) is 59.7 Å². The normalized spacial score (nSPS) is 29.3. The minimum Gasteiger partial charge on any atom is -0.456 e. The van der Waals surface area contributed by atoms with Gasteiger partial charge in [0.1, 0.15) is 24.4 Å². The van der Waals surface area contributed by atoms with Crippen LogP contribution in [0.2, 0.25) is 0 Å². The zero-order valence-electron chi connectivity index (χ0n) is 26.9. The number of nitrogens with one attached hydrogen (secondary N) is 2. The van der Waals surface area contributed by atoms with Crippen molar-refractivity contribution >= 4 is 23.9 Å². The Labute approximate surface area is 279 Å². The summed E-state index contributed by atoms with van der Waals surface area (Å²) in [6.07, 6.45) is 7.54. The fourth-order valence-corrected chi connectivity index (χ4v) is 7.42. The van der Waals surface area contributed by atoms with Gasteiger partial charge >= 0.3 is 5.97 Å². The maximum atomic E-state index is 13.6. The molecule has 11 nitrogen and oxygen atoms in total. The average Bonchev–Trinajstić information content (AvgIpc) is 3.64. The lowest BCUT2D eigenvalue weighted by molar-refractivity contribution is -0.172. The third-order valence-corrected chi connectivity index (χ3v) is 9.96. The summed E-state index contributed by atoms with van der Waals surface area (Å²) in [6, 6.07) is 14.0. The first-order valence-electron chi connectivity index (χ1n) is 16.9. The monoisotopic (exact) mass is 658 g/mol. The lowest BCUT2D eigenvalue weighted by Gasteiger charge is -2.31. The molecule has 3 fully saturated rings. The van der Waals surface area contributed by atoms with Crippen molar-refractivity contribution in [1.29, 1.82) is 0 Å². The predicted octanol–water partition coefficient (Wildman–Crippen LogP) is 2.38. The Morgan fingerprint density at radius 2 is 1.85 bits per heavy atom. The molecule has 2 aliphatic heterocycles. The number of hydrogen-bond acceptors (Lipinski definition) is 9. The molecule has 2 amide bonds. The Balaban J connectivity index is 1.09. The van der Waals surface area contributed by atoms with Crippen molar-refractivity contribution in [3.63, 3.8) is 0 Å². The molecule has 2 saturated heterocycles. The van der Waals surface area contributed by atoms with Crippen LogP contribution in [0.3, 0.4) is 0 Å². The van der Waals surface area contributed by atoms with Crippen LogP contribution in [-0.2, 0) is 41.4 Å². The molecular formula is C37H42N2O9. The number of epoxide rings is 1. The number of rotatable bonds is 10. The summed E-state index contributed by atoms with van der Waals surface area (Å²) >= 11 is 0. The summed E-state index contributed by atoms with van der Waals surface area (Å²) in [6.45, 7) is 1.09. The molecule has 254 valence electrons. The topological polar surface area (TPSA) is 156 Å². The molecule has 8 atom stereocenters. The average molecular weight is 659 g/mol. The number of ether oxygens (including phenoxy) is 4. The molecule has 0 radical (unpaired) electrons. The molecule has 1 spiro atoms. The lowest BCUT2D eigenvalue weighted by Crippen LogP contribution is -2.54. The zero-order chi connectivity index (χ0) is 33.4. The predicted molar refractivity (Wildman–Crippen MR) is 173 cm³/mol. The van der Waals surface area contributed by atoms with Gasteiger partial charge in [-0.15, -0.1) is 0 Å². The van der Waals surface area contributed by atoms with Gasteiger partial charge in [-0.3, -0.25) is 9.59 Å². The first-order valence-corrected chi connectivity index (χ1v) is 16.9. The molecule has 0 bridgehead atoms. The van der Waals surface area contributed by atoms with Crippen molar-refractivity contribution < 1.29 is 43.5 Å². The lowest BCUT2D eigenvalue weighted by atomic mass is 9.88. The van der Waals surface area contributed by atoms with Crippen LogP contribution < -0.4 is 10.6 Å². The highest BCUT2D eigenvalue weighted by Gasteiger charge is 2.55. The van der Waals surface area contributed by atoms with Gasteiger partial charge in [0.15, 0.2) is 5.79 Å². The Morgan fingerprint density at radius 3 is 2.58 bits per heavy atom. The van der Waals surface area contributed by atoms with E-state index in [9.17, 15) is 19.5 Å². The summed E-state index contributed by atoms with van der Waals surface area (Å²) < 4.78 is 24.9. The highest BCUT2D eigenvalue weighted by Crippen LogP contribution is 2.45. The van der Waals surface area contributed by atoms with Crippen LogP contribution in [0.4, 0.5) is 0 Å². The molecule has 3 aliphatic carbocycles. The van der Waals surface area contributed by atoms with Crippen molar-refractivity contribution in [2.75, 3.05) is 13.2 Å². The van der Waals surface area contributed by atoms with Crippen molar-refractivity contribution in [2.24, 2.45) is 5.92 Å². The fraction of sp³-hybridized carbons (Fsp3) is 0.486. The van der Waals surface area contributed by atoms with Crippen molar-refractivity contribution in [3.05, 3.63) is 88.5 Å². The second-order valence-corrected chi connectivity index (χ2v) is 13.5. The molecular weight excluding hydrogens is 616 g/mol. The van der Waals surface area contributed by atoms with Gasteiger partial charge in [0.25, 0.3) is 0 Å². The van der Waals surface area contributed by atoms with Gasteiger partial charge in [-0.05, 0) is 67.0 Å². The van der Waals surface area contributed by atoms with Crippen LogP contribution in [0, 0.1) is 5.92 Å². The van der Waals surface area contributed by atoms with Gasteiger partial charge in [-0.25, -0.2) is 4.79 Å².